The van der Waals surface area contributed by atoms with Crippen LogP contribution in [0.5, 0.6) is 5.75 Å². The number of hydrogen-bond acceptors (Lipinski definition) is 4. The van der Waals surface area contributed by atoms with E-state index in [0.29, 0.717) is 5.56 Å². The molecule has 2 aromatic carbocycles. The molecule has 26 heavy (non-hydrogen) atoms. The summed E-state index contributed by atoms with van der Waals surface area (Å²) >= 11 is 0. The molecule has 2 rings (SSSR count). The Balaban J connectivity index is 0.00000338. The lowest BCUT2D eigenvalue weighted by Gasteiger charge is -2.18. The molecule has 0 bridgehead atoms. The highest BCUT2D eigenvalue weighted by Gasteiger charge is 2.32. The summed E-state index contributed by atoms with van der Waals surface area (Å²) in [6.45, 7) is -1.76. The van der Waals surface area contributed by atoms with E-state index in [1.165, 1.54) is 6.07 Å². The SMILES string of the molecule is CS(=O)(=O)c1c(-c2ccccc2)ccc(C(N)=O)c1OCC(F)(F)F.Cl. The van der Waals surface area contributed by atoms with Crippen molar-refractivity contribution >= 4 is 28.2 Å². The minimum absolute atomic E-state index is 0. The van der Waals surface area contributed by atoms with Gasteiger partial charge in [-0.25, -0.2) is 8.42 Å². The molecule has 1 amide bonds. The zero-order chi connectivity index (χ0) is 18.8. The summed E-state index contributed by atoms with van der Waals surface area (Å²) in [5, 5.41) is 0. The highest BCUT2D eigenvalue weighted by molar-refractivity contribution is 7.91. The van der Waals surface area contributed by atoms with Crippen LogP contribution in [-0.2, 0) is 9.84 Å². The third-order valence-corrected chi connectivity index (χ3v) is 4.36. The number of amides is 1. The van der Waals surface area contributed by atoms with Crippen molar-refractivity contribution in [3.8, 4) is 16.9 Å². The molecule has 0 aromatic heterocycles. The van der Waals surface area contributed by atoms with Crippen molar-refractivity contribution in [1.29, 1.82) is 0 Å². The number of ether oxygens (including phenoxy) is 1. The van der Waals surface area contributed by atoms with Crippen molar-refractivity contribution in [2.75, 3.05) is 12.9 Å². The van der Waals surface area contributed by atoms with Gasteiger partial charge in [-0.05, 0) is 11.6 Å². The Morgan fingerprint density at radius 3 is 2.15 bits per heavy atom. The molecule has 0 saturated carbocycles. The zero-order valence-corrected chi connectivity index (χ0v) is 15.0. The lowest BCUT2D eigenvalue weighted by atomic mass is 10.0. The molecule has 0 aliphatic carbocycles. The largest absolute Gasteiger partial charge is 0.482 e. The summed E-state index contributed by atoms with van der Waals surface area (Å²) in [5.74, 6) is -1.80. The van der Waals surface area contributed by atoms with Gasteiger partial charge in [0.15, 0.2) is 22.2 Å². The summed E-state index contributed by atoms with van der Waals surface area (Å²) in [6, 6.07) is 10.6. The van der Waals surface area contributed by atoms with E-state index >= 15 is 0 Å². The van der Waals surface area contributed by atoms with Gasteiger partial charge in [0, 0.05) is 11.8 Å². The molecule has 5 nitrogen and oxygen atoms in total. The maximum atomic E-state index is 12.5. The molecule has 2 aromatic rings. The van der Waals surface area contributed by atoms with Crippen molar-refractivity contribution in [1.82, 2.24) is 0 Å². The van der Waals surface area contributed by atoms with E-state index in [4.69, 9.17) is 5.73 Å². The smallest absolute Gasteiger partial charge is 0.422 e. The van der Waals surface area contributed by atoms with E-state index in [9.17, 15) is 26.4 Å². The molecule has 142 valence electrons. The minimum atomic E-state index is -4.72. The Kier molecular flexibility index (Phi) is 6.67. The van der Waals surface area contributed by atoms with Crippen LogP contribution in [0.2, 0.25) is 0 Å². The number of nitrogens with two attached hydrogens (primary N) is 1. The van der Waals surface area contributed by atoms with Crippen molar-refractivity contribution in [2.24, 2.45) is 5.73 Å². The second-order valence-electron chi connectivity index (χ2n) is 5.23. The number of rotatable bonds is 5. The molecule has 0 fully saturated rings. The molecular weight excluding hydrogens is 395 g/mol. The van der Waals surface area contributed by atoms with Gasteiger partial charge in [0.2, 0.25) is 0 Å². The molecule has 0 atom stereocenters. The van der Waals surface area contributed by atoms with Crippen LogP contribution in [0, 0.1) is 0 Å². The Labute approximate surface area is 154 Å². The third-order valence-electron chi connectivity index (χ3n) is 3.21. The van der Waals surface area contributed by atoms with Gasteiger partial charge in [-0.1, -0.05) is 36.4 Å². The zero-order valence-electron chi connectivity index (χ0n) is 13.4. The number of alkyl halides is 3. The van der Waals surface area contributed by atoms with Crippen LogP contribution in [0.3, 0.4) is 0 Å². The average Bonchev–Trinajstić information content (AvgIpc) is 2.51. The fraction of sp³-hybridized carbons (Fsp3) is 0.188. The van der Waals surface area contributed by atoms with Crippen molar-refractivity contribution < 1.29 is 31.1 Å². The lowest BCUT2D eigenvalue weighted by molar-refractivity contribution is -0.153. The van der Waals surface area contributed by atoms with Crippen molar-refractivity contribution in [2.45, 2.75) is 11.1 Å². The van der Waals surface area contributed by atoms with E-state index in [2.05, 4.69) is 4.74 Å². The molecule has 2 N–H and O–H groups in total. The van der Waals surface area contributed by atoms with Crippen molar-refractivity contribution in [3.05, 3.63) is 48.0 Å². The highest BCUT2D eigenvalue weighted by atomic mass is 35.5. The van der Waals surface area contributed by atoms with Crippen LogP contribution in [0.15, 0.2) is 47.4 Å². The van der Waals surface area contributed by atoms with Gasteiger partial charge >= 0.3 is 6.18 Å². The fourth-order valence-corrected chi connectivity index (χ4v) is 3.36. The van der Waals surface area contributed by atoms with Crippen molar-refractivity contribution in [3.63, 3.8) is 0 Å². The molecule has 0 saturated heterocycles. The van der Waals surface area contributed by atoms with E-state index in [0.717, 1.165) is 12.3 Å². The quantitative estimate of drug-likeness (QED) is 0.821. The first-order valence-corrected chi connectivity index (χ1v) is 8.81. The Hall–Kier alpha value is -2.26. The Bertz CT molecular complexity index is 900. The summed E-state index contributed by atoms with van der Waals surface area (Å²) in [5.41, 5.74) is 5.28. The normalized spacial score (nSPS) is 11.5. The summed E-state index contributed by atoms with van der Waals surface area (Å²) in [7, 11) is -4.04. The van der Waals surface area contributed by atoms with Gasteiger partial charge in [-0.2, -0.15) is 13.2 Å². The van der Waals surface area contributed by atoms with Crippen LogP contribution < -0.4 is 10.5 Å². The molecule has 0 radical (unpaired) electrons. The first kappa shape index (κ1) is 21.8. The molecule has 10 heteroatoms. The van der Waals surface area contributed by atoms with Crippen LogP contribution in [-0.4, -0.2) is 33.4 Å². The lowest BCUT2D eigenvalue weighted by Crippen LogP contribution is -2.23. The first-order chi connectivity index (χ1) is 11.5. The Morgan fingerprint density at radius 2 is 1.69 bits per heavy atom. The van der Waals surface area contributed by atoms with Crippen LogP contribution in [0.1, 0.15) is 10.4 Å². The summed E-state index contributed by atoms with van der Waals surface area (Å²) in [6.07, 6.45) is -3.90. The van der Waals surface area contributed by atoms with E-state index in [-0.39, 0.29) is 18.0 Å². The number of benzene rings is 2. The molecule has 0 spiro atoms. The van der Waals surface area contributed by atoms with E-state index in [1.54, 1.807) is 30.3 Å². The standard InChI is InChI=1S/C16H14F3NO4S.ClH/c1-25(22,23)14-11(10-5-3-2-4-6-10)7-8-12(15(20)21)13(14)24-9-16(17,18)19;/h2-8H,9H2,1H3,(H2,20,21);1H. The van der Waals surface area contributed by atoms with Gasteiger partial charge < -0.3 is 10.5 Å². The number of hydrogen-bond donors (Lipinski definition) is 1. The maximum Gasteiger partial charge on any atom is 0.422 e. The number of primary amides is 1. The first-order valence-electron chi connectivity index (χ1n) is 6.92. The number of carbonyl (C=O) groups excluding carboxylic acids is 1. The van der Waals surface area contributed by atoms with Crippen LogP contribution >= 0.6 is 12.4 Å². The molecule has 0 unspecified atom stereocenters. The topological polar surface area (TPSA) is 86.5 Å². The van der Waals surface area contributed by atoms with Crippen LogP contribution in [0.4, 0.5) is 13.2 Å². The third kappa shape index (κ3) is 5.12. The average molecular weight is 410 g/mol. The van der Waals surface area contributed by atoms with Gasteiger partial charge in [-0.15, -0.1) is 12.4 Å². The number of halogens is 4. The maximum absolute atomic E-state index is 12.5. The predicted molar refractivity (Wildman–Crippen MR) is 92.3 cm³/mol. The molecule has 0 aliphatic heterocycles. The van der Waals surface area contributed by atoms with Gasteiger partial charge in [0.25, 0.3) is 5.91 Å². The monoisotopic (exact) mass is 409 g/mol. The second kappa shape index (κ2) is 7.96. The Morgan fingerprint density at radius 1 is 1.12 bits per heavy atom. The van der Waals surface area contributed by atoms with Crippen LogP contribution in [0.25, 0.3) is 11.1 Å². The summed E-state index contributed by atoms with van der Waals surface area (Å²) < 4.78 is 66.8. The number of sulfone groups is 1. The predicted octanol–water partition coefficient (Wildman–Crippen LogP) is 3.22. The second-order valence-corrected chi connectivity index (χ2v) is 7.18. The van der Waals surface area contributed by atoms with E-state index in [1.807, 2.05) is 0 Å². The van der Waals surface area contributed by atoms with Gasteiger partial charge in [0.1, 0.15) is 4.90 Å². The van der Waals surface area contributed by atoms with Gasteiger partial charge in [-0.3, -0.25) is 4.79 Å². The van der Waals surface area contributed by atoms with Gasteiger partial charge in [0.05, 0.1) is 5.56 Å². The molecule has 0 aliphatic rings. The highest BCUT2D eigenvalue weighted by Crippen LogP contribution is 2.38. The number of carbonyl (C=O) groups is 1. The summed E-state index contributed by atoms with van der Waals surface area (Å²) in [4.78, 5) is 11.0. The molecule has 0 heterocycles. The fourth-order valence-electron chi connectivity index (χ4n) is 2.27. The van der Waals surface area contributed by atoms with E-state index < -0.39 is 44.7 Å². The molecular formula is C16H15ClF3NO4S. The minimum Gasteiger partial charge on any atom is -0.482 e.